The molecule has 1 aromatic heterocycles. The predicted molar refractivity (Wildman–Crippen MR) is 74.1 cm³/mol. The van der Waals surface area contributed by atoms with Crippen LogP contribution in [-0.2, 0) is 6.61 Å². The van der Waals surface area contributed by atoms with Crippen LogP contribution < -0.4 is 10.1 Å². The molecule has 3 nitrogen and oxygen atoms in total. The Balaban J connectivity index is 1.96. The maximum Gasteiger partial charge on any atom is 0.142 e. The van der Waals surface area contributed by atoms with Crippen molar-refractivity contribution in [3.05, 3.63) is 52.9 Å². The first-order valence-electron chi connectivity index (χ1n) is 5.95. The molecule has 5 heteroatoms. The van der Waals surface area contributed by atoms with E-state index in [1.165, 1.54) is 12.1 Å². The largest absolute Gasteiger partial charge is 0.489 e. The van der Waals surface area contributed by atoms with E-state index in [4.69, 9.17) is 16.3 Å². The molecule has 0 atom stereocenters. The van der Waals surface area contributed by atoms with E-state index in [2.05, 4.69) is 10.3 Å². The summed E-state index contributed by atoms with van der Waals surface area (Å²) in [5, 5.41) is 3.16. The second kappa shape index (κ2) is 6.38. The molecule has 0 radical (unpaired) electrons. The van der Waals surface area contributed by atoms with Crippen LogP contribution >= 0.6 is 11.6 Å². The lowest BCUT2D eigenvalue weighted by molar-refractivity contribution is 0.305. The topological polar surface area (TPSA) is 34.1 Å². The Hall–Kier alpha value is -1.81. The minimum Gasteiger partial charge on any atom is -0.489 e. The third-order valence-electron chi connectivity index (χ3n) is 2.48. The summed E-state index contributed by atoms with van der Waals surface area (Å²) in [7, 11) is 0. The number of pyridine rings is 1. The second-order valence-electron chi connectivity index (χ2n) is 3.95. The van der Waals surface area contributed by atoms with Crippen LogP contribution in [0.1, 0.15) is 12.5 Å². The SMILES string of the molecule is CCNc1ccc(COc2ccc(F)c(Cl)c2)cn1. The number of hydrogen-bond acceptors (Lipinski definition) is 3. The summed E-state index contributed by atoms with van der Waals surface area (Å²) in [6.45, 7) is 3.20. The van der Waals surface area contributed by atoms with Gasteiger partial charge in [0.15, 0.2) is 0 Å². The van der Waals surface area contributed by atoms with Crippen molar-refractivity contribution in [2.45, 2.75) is 13.5 Å². The fourth-order valence-electron chi connectivity index (χ4n) is 1.53. The van der Waals surface area contributed by atoms with Gasteiger partial charge in [-0.2, -0.15) is 0 Å². The summed E-state index contributed by atoms with van der Waals surface area (Å²) in [5.41, 5.74) is 0.933. The van der Waals surface area contributed by atoms with Gasteiger partial charge in [-0.05, 0) is 25.1 Å². The van der Waals surface area contributed by atoms with Crippen LogP contribution in [-0.4, -0.2) is 11.5 Å². The average molecular weight is 281 g/mol. The monoisotopic (exact) mass is 280 g/mol. The zero-order valence-corrected chi connectivity index (χ0v) is 11.2. The van der Waals surface area contributed by atoms with Gasteiger partial charge in [0.25, 0.3) is 0 Å². The normalized spacial score (nSPS) is 10.3. The molecule has 0 fully saturated rings. The molecule has 2 aromatic rings. The summed E-state index contributed by atoms with van der Waals surface area (Å²) >= 11 is 5.68. The van der Waals surface area contributed by atoms with Gasteiger partial charge in [-0.15, -0.1) is 0 Å². The van der Waals surface area contributed by atoms with E-state index in [0.717, 1.165) is 17.9 Å². The van der Waals surface area contributed by atoms with Gasteiger partial charge in [0.2, 0.25) is 0 Å². The van der Waals surface area contributed by atoms with Gasteiger partial charge in [0, 0.05) is 24.4 Å². The molecule has 2 rings (SSSR count). The van der Waals surface area contributed by atoms with Gasteiger partial charge < -0.3 is 10.1 Å². The van der Waals surface area contributed by atoms with E-state index < -0.39 is 5.82 Å². The molecule has 0 aliphatic rings. The van der Waals surface area contributed by atoms with Gasteiger partial charge in [-0.1, -0.05) is 17.7 Å². The smallest absolute Gasteiger partial charge is 0.142 e. The molecule has 1 aromatic carbocycles. The Kier molecular flexibility index (Phi) is 4.58. The Labute approximate surface area is 116 Å². The highest BCUT2D eigenvalue weighted by Gasteiger charge is 2.02. The van der Waals surface area contributed by atoms with Crippen LogP contribution in [0.3, 0.4) is 0 Å². The molecule has 100 valence electrons. The highest BCUT2D eigenvalue weighted by Crippen LogP contribution is 2.21. The van der Waals surface area contributed by atoms with Gasteiger partial charge >= 0.3 is 0 Å². The van der Waals surface area contributed by atoms with Crippen LogP contribution in [0, 0.1) is 5.82 Å². The Morgan fingerprint density at radius 1 is 1.32 bits per heavy atom. The second-order valence-corrected chi connectivity index (χ2v) is 4.35. The standard InChI is InChI=1S/C14H14ClFN2O/c1-2-17-14-6-3-10(8-18-14)9-19-11-4-5-13(16)12(15)7-11/h3-8H,2,9H2,1H3,(H,17,18). The number of ether oxygens (including phenoxy) is 1. The minimum absolute atomic E-state index is 0.0538. The first-order valence-corrected chi connectivity index (χ1v) is 6.33. The quantitative estimate of drug-likeness (QED) is 0.902. The van der Waals surface area contributed by atoms with Crippen molar-refractivity contribution in [2.75, 3.05) is 11.9 Å². The molecule has 0 saturated carbocycles. The molecular formula is C14H14ClFN2O. The van der Waals surface area contributed by atoms with Gasteiger partial charge in [0.1, 0.15) is 24.0 Å². The third kappa shape index (κ3) is 3.83. The number of nitrogens with zero attached hydrogens (tertiary/aromatic N) is 1. The van der Waals surface area contributed by atoms with E-state index in [9.17, 15) is 4.39 Å². The number of aromatic nitrogens is 1. The van der Waals surface area contributed by atoms with Gasteiger partial charge in [-0.3, -0.25) is 0 Å². The summed E-state index contributed by atoms with van der Waals surface area (Å²) in [4.78, 5) is 4.24. The van der Waals surface area contributed by atoms with Crippen molar-refractivity contribution < 1.29 is 9.13 Å². The number of hydrogen-bond donors (Lipinski definition) is 1. The molecule has 0 aliphatic heterocycles. The zero-order chi connectivity index (χ0) is 13.7. The van der Waals surface area contributed by atoms with E-state index in [-0.39, 0.29) is 5.02 Å². The van der Waals surface area contributed by atoms with Crippen LogP contribution in [0.2, 0.25) is 5.02 Å². The third-order valence-corrected chi connectivity index (χ3v) is 2.77. The van der Waals surface area contributed by atoms with Crippen LogP contribution in [0.5, 0.6) is 5.75 Å². The molecular weight excluding hydrogens is 267 g/mol. The summed E-state index contributed by atoms with van der Waals surface area (Å²) in [6.07, 6.45) is 1.74. The Morgan fingerprint density at radius 2 is 2.16 bits per heavy atom. The summed E-state index contributed by atoms with van der Waals surface area (Å²) in [6, 6.07) is 8.10. The summed E-state index contributed by atoms with van der Waals surface area (Å²) in [5.74, 6) is 0.906. The van der Waals surface area contributed by atoms with Crippen molar-refractivity contribution >= 4 is 17.4 Å². The molecule has 0 unspecified atom stereocenters. The van der Waals surface area contributed by atoms with Gasteiger partial charge in [0.05, 0.1) is 5.02 Å². The highest BCUT2D eigenvalue weighted by molar-refractivity contribution is 6.30. The Bertz CT molecular complexity index is 546. The Morgan fingerprint density at radius 3 is 2.79 bits per heavy atom. The fourth-order valence-corrected chi connectivity index (χ4v) is 1.70. The molecule has 0 aliphatic carbocycles. The van der Waals surface area contributed by atoms with Crippen LogP contribution in [0.4, 0.5) is 10.2 Å². The molecule has 0 bridgehead atoms. The zero-order valence-electron chi connectivity index (χ0n) is 10.5. The van der Waals surface area contributed by atoms with Crippen molar-refractivity contribution in [3.63, 3.8) is 0 Å². The van der Waals surface area contributed by atoms with E-state index in [1.807, 2.05) is 19.1 Å². The number of benzene rings is 1. The predicted octanol–water partition coefficient (Wildman–Crippen LogP) is 3.88. The number of anilines is 1. The number of nitrogens with one attached hydrogen (secondary N) is 1. The average Bonchev–Trinajstić information content (AvgIpc) is 2.42. The van der Waals surface area contributed by atoms with Crippen molar-refractivity contribution in [1.29, 1.82) is 0 Å². The van der Waals surface area contributed by atoms with Crippen LogP contribution in [0.15, 0.2) is 36.5 Å². The fraction of sp³-hybridized carbons (Fsp3) is 0.214. The van der Waals surface area contributed by atoms with Crippen molar-refractivity contribution in [2.24, 2.45) is 0 Å². The number of halogens is 2. The number of rotatable bonds is 5. The van der Waals surface area contributed by atoms with Crippen molar-refractivity contribution in [3.8, 4) is 5.75 Å². The lowest BCUT2D eigenvalue weighted by Gasteiger charge is -2.07. The highest BCUT2D eigenvalue weighted by atomic mass is 35.5. The van der Waals surface area contributed by atoms with Gasteiger partial charge in [-0.25, -0.2) is 9.37 Å². The molecule has 0 saturated heterocycles. The molecule has 0 spiro atoms. The first kappa shape index (κ1) is 13.6. The first-order chi connectivity index (χ1) is 9.19. The maximum absolute atomic E-state index is 13.0. The minimum atomic E-state index is -0.453. The molecule has 19 heavy (non-hydrogen) atoms. The molecule has 1 N–H and O–H groups in total. The van der Waals surface area contributed by atoms with E-state index in [0.29, 0.717) is 12.4 Å². The summed E-state index contributed by atoms with van der Waals surface area (Å²) < 4.78 is 18.5. The molecule has 0 amide bonds. The van der Waals surface area contributed by atoms with Crippen LogP contribution in [0.25, 0.3) is 0 Å². The van der Waals surface area contributed by atoms with Crippen molar-refractivity contribution in [1.82, 2.24) is 4.98 Å². The van der Waals surface area contributed by atoms with E-state index >= 15 is 0 Å². The lowest BCUT2D eigenvalue weighted by Crippen LogP contribution is -2.01. The molecule has 1 heterocycles. The van der Waals surface area contributed by atoms with E-state index in [1.54, 1.807) is 12.3 Å². The lowest BCUT2D eigenvalue weighted by atomic mass is 10.3. The maximum atomic E-state index is 13.0.